The van der Waals surface area contributed by atoms with Crippen LogP contribution in [0.5, 0.6) is 0 Å². The van der Waals surface area contributed by atoms with Gasteiger partial charge in [-0.05, 0) is 23.5 Å². The Balaban J connectivity index is 1.69. The van der Waals surface area contributed by atoms with E-state index in [2.05, 4.69) is 15.6 Å². The minimum Gasteiger partial charge on any atom is -0.446 e. The number of benzene rings is 2. The Labute approximate surface area is 222 Å². The van der Waals surface area contributed by atoms with Gasteiger partial charge in [-0.15, -0.1) is 11.3 Å². The van der Waals surface area contributed by atoms with E-state index < -0.39 is 30.4 Å². The van der Waals surface area contributed by atoms with E-state index in [9.17, 15) is 14.7 Å². The molecule has 0 aliphatic rings. The molecule has 2 aromatic carbocycles. The Bertz CT molecular complexity index is 1060. The monoisotopic (exact) mass is 525 g/mol. The van der Waals surface area contributed by atoms with Gasteiger partial charge in [-0.25, -0.2) is 9.59 Å². The molecular formula is C28H35N3O5S. The van der Waals surface area contributed by atoms with Crippen LogP contribution in [-0.2, 0) is 28.9 Å². The summed E-state index contributed by atoms with van der Waals surface area (Å²) in [6.45, 7) is 4.59. The molecule has 2 amide bonds. The highest BCUT2D eigenvalue weighted by Gasteiger charge is 2.28. The van der Waals surface area contributed by atoms with E-state index in [0.717, 1.165) is 16.0 Å². The minimum atomic E-state index is -0.997. The summed E-state index contributed by atoms with van der Waals surface area (Å²) < 4.78 is 11.1. The number of rotatable bonds is 13. The molecular weight excluding hydrogens is 490 g/mol. The second-order valence-electron chi connectivity index (χ2n) is 9.28. The molecule has 3 unspecified atom stereocenters. The van der Waals surface area contributed by atoms with Gasteiger partial charge in [0.05, 0.1) is 22.5 Å². The van der Waals surface area contributed by atoms with Gasteiger partial charge in [0.15, 0.2) is 0 Å². The third kappa shape index (κ3) is 10.6. The number of nitrogens with zero attached hydrogens (tertiary/aromatic N) is 1. The number of ether oxygens (including phenoxy) is 2. The number of alkyl carbamates (subject to hydrolysis) is 2. The molecule has 0 saturated heterocycles. The van der Waals surface area contributed by atoms with E-state index in [0.29, 0.717) is 19.4 Å². The van der Waals surface area contributed by atoms with Crippen LogP contribution in [0.4, 0.5) is 9.59 Å². The zero-order valence-electron chi connectivity index (χ0n) is 21.2. The minimum absolute atomic E-state index is 0.0976. The number of amides is 2. The number of hydrogen-bond donors (Lipinski definition) is 3. The summed E-state index contributed by atoms with van der Waals surface area (Å²) >= 11 is 1.39. The molecule has 9 heteroatoms. The Hall–Kier alpha value is -3.43. The average molecular weight is 526 g/mol. The first-order chi connectivity index (χ1) is 17.9. The number of carbonyl (C=O) groups excluding carboxylic acids is 2. The van der Waals surface area contributed by atoms with Crippen molar-refractivity contribution in [2.45, 2.75) is 58.0 Å². The second-order valence-corrected chi connectivity index (χ2v) is 10.3. The molecule has 0 bridgehead atoms. The summed E-state index contributed by atoms with van der Waals surface area (Å²) in [7, 11) is 0. The lowest BCUT2D eigenvalue weighted by atomic mass is 9.95. The van der Waals surface area contributed by atoms with Crippen LogP contribution in [0.25, 0.3) is 0 Å². The van der Waals surface area contributed by atoms with Gasteiger partial charge in [0.1, 0.15) is 12.7 Å². The maximum Gasteiger partial charge on any atom is 0.407 e. The standard InChI is InChI=1S/C28H35N3O5S/c1-20(2)16-30-27(33)36-23(13-21-9-5-3-6-10-21)15-26(32)25(14-22-11-7-4-8-12-22)31-28(34)35-18-24-17-29-19-37-24/h3-12,17,19-20,23,25-26,32H,13-16,18H2,1-2H3,(H,30,33)(H,31,34). The van der Waals surface area contributed by atoms with E-state index in [4.69, 9.17) is 9.47 Å². The number of nitrogens with one attached hydrogen (secondary N) is 2. The molecule has 0 radical (unpaired) electrons. The predicted octanol–water partition coefficient (Wildman–Crippen LogP) is 4.73. The van der Waals surface area contributed by atoms with Crippen LogP contribution < -0.4 is 10.6 Å². The van der Waals surface area contributed by atoms with Crippen molar-refractivity contribution < 1.29 is 24.2 Å². The molecule has 1 heterocycles. The molecule has 8 nitrogen and oxygen atoms in total. The van der Waals surface area contributed by atoms with Crippen molar-refractivity contribution in [3.63, 3.8) is 0 Å². The number of carbonyl (C=O) groups is 2. The smallest absolute Gasteiger partial charge is 0.407 e. The molecule has 37 heavy (non-hydrogen) atoms. The van der Waals surface area contributed by atoms with E-state index >= 15 is 0 Å². The summed E-state index contributed by atoms with van der Waals surface area (Å²) in [6, 6.07) is 18.6. The van der Waals surface area contributed by atoms with Crippen LogP contribution >= 0.6 is 11.3 Å². The number of hydrogen-bond acceptors (Lipinski definition) is 7. The summed E-state index contributed by atoms with van der Waals surface area (Å²) in [5, 5.41) is 16.8. The summed E-state index contributed by atoms with van der Waals surface area (Å²) in [5.41, 5.74) is 3.60. The molecule has 0 aliphatic heterocycles. The molecule has 0 aliphatic carbocycles. The lowest BCUT2D eigenvalue weighted by Gasteiger charge is -2.28. The SMILES string of the molecule is CC(C)CNC(=O)OC(Cc1ccccc1)CC(O)C(Cc1ccccc1)NC(=O)OCc1cncs1. The lowest BCUT2D eigenvalue weighted by Crippen LogP contribution is -2.47. The first kappa shape index (κ1) is 28.1. The summed E-state index contributed by atoms with van der Waals surface area (Å²) in [5.74, 6) is 0.279. The van der Waals surface area contributed by atoms with Gasteiger partial charge in [-0.1, -0.05) is 74.5 Å². The van der Waals surface area contributed by atoms with Crippen molar-refractivity contribution in [1.29, 1.82) is 0 Å². The van der Waals surface area contributed by atoms with Crippen molar-refractivity contribution in [2.24, 2.45) is 5.92 Å². The fraction of sp³-hybridized carbons (Fsp3) is 0.393. The van der Waals surface area contributed by atoms with Gasteiger partial charge in [0.25, 0.3) is 0 Å². The van der Waals surface area contributed by atoms with Gasteiger partial charge in [0.2, 0.25) is 0 Å². The highest BCUT2D eigenvalue weighted by atomic mass is 32.1. The number of aromatic nitrogens is 1. The second kappa shape index (κ2) is 15.0. The predicted molar refractivity (Wildman–Crippen MR) is 143 cm³/mol. The molecule has 3 rings (SSSR count). The molecule has 3 atom stereocenters. The van der Waals surface area contributed by atoms with Gasteiger partial charge >= 0.3 is 12.2 Å². The first-order valence-electron chi connectivity index (χ1n) is 12.4. The van der Waals surface area contributed by atoms with Crippen LogP contribution in [0.2, 0.25) is 0 Å². The van der Waals surface area contributed by atoms with Crippen molar-refractivity contribution in [2.75, 3.05) is 6.54 Å². The number of thiazole rings is 1. The van der Waals surface area contributed by atoms with Gasteiger partial charge in [-0.2, -0.15) is 0 Å². The molecule has 3 aromatic rings. The lowest BCUT2D eigenvalue weighted by molar-refractivity contribution is 0.0364. The molecule has 198 valence electrons. The molecule has 0 fully saturated rings. The van der Waals surface area contributed by atoms with Crippen LogP contribution in [0.15, 0.2) is 72.4 Å². The number of aliphatic hydroxyl groups excluding tert-OH is 1. The largest absolute Gasteiger partial charge is 0.446 e. The van der Waals surface area contributed by atoms with Gasteiger partial charge in [0, 0.05) is 25.6 Å². The first-order valence-corrected chi connectivity index (χ1v) is 13.3. The highest BCUT2D eigenvalue weighted by Crippen LogP contribution is 2.17. The van der Waals surface area contributed by atoms with Crippen LogP contribution in [-0.4, -0.2) is 47.1 Å². The Kier molecular flexibility index (Phi) is 11.4. The quantitative estimate of drug-likeness (QED) is 0.298. The third-order valence-corrected chi connectivity index (χ3v) is 6.39. The fourth-order valence-electron chi connectivity index (χ4n) is 3.76. The van der Waals surface area contributed by atoms with Gasteiger partial charge < -0.3 is 25.2 Å². The Morgan fingerprint density at radius 2 is 1.62 bits per heavy atom. The third-order valence-electron chi connectivity index (χ3n) is 5.63. The Morgan fingerprint density at radius 3 is 2.22 bits per heavy atom. The van der Waals surface area contributed by atoms with Crippen molar-refractivity contribution in [3.8, 4) is 0 Å². The molecule has 3 N–H and O–H groups in total. The van der Waals surface area contributed by atoms with Crippen LogP contribution in [0, 0.1) is 5.92 Å². The zero-order chi connectivity index (χ0) is 26.5. The maximum atomic E-state index is 12.6. The summed E-state index contributed by atoms with van der Waals surface area (Å²) in [4.78, 5) is 29.8. The number of aliphatic hydroxyl groups is 1. The van der Waals surface area contributed by atoms with Crippen LogP contribution in [0.3, 0.4) is 0 Å². The highest BCUT2D eigenvalue weighted by molar-refractivity contribution is 7.09. The van der Waals surface area contributed by atoms with Gasteiger partial charge in [-0.3, -0.25) is 4.98 Å². The van der Waals surface area contributed by atoms with Crippen molar-refractivity contribution >= 4 is 23.5 Å². The van der Waals surface area contributed by atoms with E-state index in [1.807, 2.05) is 74.5 Å². The molecule has 1 aromatic heterocycles. The normalized spacial score (nSPS) is 13.4. The van der Waals surface area contributed by atoms with E-state index in [-0.39, 0.29) is 18.9 Å². The topological polar surface area (TPSA) is 110 Å². The Morgan fingerprint density at radius 1 is 0.973 bits per heavy atom. The van der Waals surface area contributed by atoms with Crippen molar-refractivity contribution in [1.82, 2.24) is 15.6 Å². The summed E-state index contributed by atoms with van der Waals surface area (Å²) in [6.07, 6.45) is -0.167. The van der Waals surface area contributed by atoms with Crippen molar-refractivity contribution in [3.05, 3.63) is 88.4 Å². The van der Waals surface area contributed by atoms with Crippen LogP contribution in [0.1, 0.15) is 36.3 Å². The molecule has 0 saturated carbocycles. The fourth-order valence-corrected chi connectivity index (χ4v) is 4.26. The van der Waals surface area contributed by atoms with E-state index in [1.165, 1.54) is 11.3 Å². The average Bonchev–Trinajstić information content (AvgIpc) is 3.41. The van der Waals surface area contributed by atoms with E-state index in [1.54, 1.807) is 11.7 Å². The maximum absolute atomic E-state index is 12.6. The molecule has 0 spiro atoms. The zero-order valence-corrected chi connectivity index (χ0v) is 22.0.